The molecule has 0 radical (unpaired) electrons. The van der Waals surface area contributed by atoms with Gasteiger partial charge in [0.2, 0.25) is 0 Å². The Hall–Kier alpha value is -2.56. The van der Waals surface area contributed by atoms with Gasteiger partial charge >= 0.3 is 0 Å². The highest BCUT2D eigenvalue weighted by Gasteiger charge is 2.16. The van der Waals surface area contributed by atoms with Crippen LogP contribution >= 0.6 is 0 Å². The van der Waals surface area contributed by atoms with Crippen molar-refractivity contribution in [2.75, 3.05) is 5.73 Å². The lowest BCUT2D eigenvalue weighted by atomic mass is 10.1. The van der Waals surface area contributed by atoms with Crippen LogP contribution in [0.15, 0.2) is 36.4 Å². The number of para-hydroxylation sites is 1. The van der Waals surface area contributed by atoms with Crippen molar-refractivity contribution in [3.63, 3.8) is 0 Å². The molecule has 5 heteroatoms. The van der Waals surface area contributed by atoms with Crippen LogP contribution in [0.2, 0.25) is 0 Å². The van der Waals surface area contributed by atoms with Crippen molar-refractivity contribution < 1.29 is 9.50 Å². The second kappa shape index (κ2) is 4.52. The zero-order valence-electron chi connectivity index (χ0n) is 11.0. The highest BCUT2D eigenvalue weighted by molar-refractivity contribution is 5.83. The van der Waals surface area contributed by atoms with E-state index in [0.29, 0.717) is 29.1 Å². The molecule has 0 aliphatic carbocycles. The van der Waals surface area contributed by atoms with Gasteiger partial charge in [0.1, 0.15) is 17.4 Å². The first-order valence-corrected chi connectivity index (χ1v) is 6.35. The molecule has 20 heavy (non-hydrogen) atoms. The number of aryl methyl sites for hydroxylation is 1. The summed E-state index contributed by atoms with van der Waals surface area (Å²) in [6.45, 7) is 2.63. The van der Waals surface area contributed by atoms with Gasteiger partial charge in [-0.25, -0.2) is 9.37 Å². The molecular formula is C15H14FN3O. The fraction of sp³-hybridized carbons (Fsp3) is 0.133. The molecule has 0 spiro atoms. The summed E-state index contributed by atoms with van der Waals surface area (Å²) < 4.78 is 15.2. The largest absolute Gasteiger partial charge is 0.505 e. The number of benzene rings is 2. The number of nitrogen functional groups attached to an aromatic ring is 1. The fourth-order valence-corrected chi connectivity index (χ4v) is 2.37. The monoisotopic (exact) mass is 271 g/mol. The van der Waals surface area contributed by atoms with E-state index >= 15 is 0 Å². The van der Waals surface area contributed by atoms with Gasteiger partial charge in [0.25, 0.3) is 0 Å². The standard InChI is InChI=1S/C15H14FN3O/c1-2-19-13-7-6-9(16)8-12(13)18-15(19)10-4-3-5-11(17)14(10)20/h3-8,20H,2,17H2,1H3. The number of rotatable bonds is 2. The van der Waals surface area contributed by atoms with Crippen molar-refractivity contribution in [1.29, 1.82) is 0 Å². The second-order valence-corrected chi connectivity index (χ2v) is 4.56. The molecule has 0 bridgehead atoms. The van der Waals surface area contributed by atoms with E-state index in [9.17, 15) is 9.50 Å². The number of imidazole rings is 1. The lowest BCUT2D eigenvalue weighted by Gasteiger charge is -2.09. The Balaban J connectivity index is 2.33. The van der Waals surface area contributed by atoms with E-state index in [2.05, 4.69) is 4.98 Å². The average Bonchev–Trinajstić information content (AvgIpc) is 2.79. The molecule has 0 atom stereocenters. The van der Waals surface area contributed by atoms with Crippen molar-refractivity contribution in [3.8, 4) is 17.1 Å². The van der Waals surface area contributed by atoms with Crippen LogP contribution in [0.1, 0.15) is 6.92 Å². The first-order valence-electron chi connectivity index (χ1n) is 6.35. The van der Waals surface area contributed by atoms with Gasteiger partial charge in [-0.2, -0.15) is 0 Å². The molecular weight excluding hydrogens is 257 g/mol. The van der Waals surface area contributed by atoms with Crippen molar-refractivity contribution in [3.05, 3.63) is 42.2 Å². The van der Waals surface area contributed by atoms with Gasteiger partial charge in [0.05, 0.1) is 22.3 Å². The quantitative estimate of drug-likeness (QED) is 0.556. The predicted molar refractivity (Wildman–Crippen MR) is 76.9 cm³/mol. The number of phenols is 1. The van der Waals surface area contributed by atoms with Gasteiger partial charge in [0, 0.05) is 12.6 Å². The SMILES string of the molecule is CCn1c(-c2cccc(N)c2O)nc2cc(F)ccc21. The minimum absolute atomic E-state index is 0.00187. The molecule has 1 aromatic heterocycles. The molecule has 0 aliphatic rings. The summed E-state index contributed by atoms with van der Waals surface area (Å²) in [6, 6.07) is 9.60. The summed E-state index contributed by atoms with van der Waals surface area (Å²) >= 11 is 0. The molecule has 4 nitrogen and oxygen atoms in total. The summed E-state index contributed by atoms with van der Waals surface area (Å²) in [7, 11) is 0. The Morgan fingerprint density at radius 1 is 1.30 bits per heavy atom. The van der Waals surface area contributed by atoms with Gasteiger partial charge in [0.15, 0.2) is 0 Å². The third kappa shape index (κ3) is 1.79. The number of nitrogens with zero attached hydrogens (tertiary/aromatic N) is 2. The van der Waals surface area contributed by atoms with E-state index in [1.807, 2.05) is 11.5 Å². The number of hydrogen-bond acceptors (Lipinski definition) is 3. The molecule has 2 aromatic carbocycles. The Kier molecular flexibility index (Phi) is 2.82. The first-order chi connectivity index (χ1) is 9.61. The van der Waals surface area contributed by atoms with Crippen molar-refractivity contribution >= 4 is 16.7 Å². The molecule has 0 unspecified atom stereocenters. The van der Waals surface area contributed by atoms with Crippen LogP contribution in [-0.4, -0.2) is 14.7 Å². The minimum Gasteiger partial charge on any atom is -0.505 e. The highest BCUT2D eigenvalue weighted by atomic mass is 19.1. The number of aromatic nitrogens is 2. The zero-order chi connectivity index (χ0) is 14.3. The number of aromatic hydroxyl groups is 1. The third-order valence-corrected chi connectivity index (χ3v) is 3.33. The van der Waals surface area contributed by atoms with Crippen molar-refractivity contribution in [1.82, 2.24) is 9.55 Å². The Labute approximate surface area is 115 Å². The van der Waals surface area contributed by atoms with Crippen molar-refractivity contribution in [2.24, 2.45) is 0 Å². The predicted octanol–water partition coefficient (Wildman–Crippen LogP) is 3.15. The Morgan fingerprint density at radius 2 is 2.10 bits per heavy atom. The smallest absolute Gasteiger partial charge is 0.149 e. The lowest BCUT2D eigenvalue weighted by molar-refractivity contribution is 0.479. The molecule has 0 amide bonds. The number of halogens is 1. The van der Waals surface area contributed by atoms with E-state index in [0.717, 1.165) is 5.52 Å². The molecule has 0 aliphatic heterocycles. The van der Waals surface area contributed by atoms with E-state index in [1.165, 1.54) is 12.1 Å². The molecule has 3 aromatic rings. The number of phenolic OH excluding ortho intramolecular Hbond substituents is 1. The minimum atomic E-state index is -0.332. The molecule has 0 fully saturated rings. The van der Waals surface area contributed by atoms with E-state index < -0.39 is 0 Å². The maximum absolute atomic E-state index is 13.3. The van der Waals surface area contributed by atoms with Gasteiger partial charge < -0.3 is 15.4 Å². The summed E-state index contributed by atoms with van der Waals surface area (Å²) in [4.78, 5) is 4.42. The van der Waals surface area contributed by atoms with E-state index in [-0.39, 0.29) is 11.6 Å². The third-order valence-electron chi connectivity index (χ3n) is 3.33. The molecule has 3 rings (SSSR count). The maximum atomic E-state index is 13.3. The number of hydrogen-bond donors (Lipinski definition) is 2. The maximum Gasteiger partial charge on any atom is 0.149 e. The number of anilines is 1. The van der Waals surface area contributed by atoms with Crippen LogP contribution < -0.4 is 5.73 Å². The van der Waals surface area contributed by atoms with Crippen molar-refractivity contribution in [2.45, 2.75) is 13.5 Å². The van der Waals surface area contributed by atoms with E-state index in [4.69, 9.17) is 5.73 Å². The fourth-order valence-electron chi connectivity index (χ4n) is 2.37. The van der Waals surface area contributed by atoms with Crippen LogP contribution in [-0.2, 0) is 6.54 Å². The molecule has 3 N–H and O–H groups in total. The molecule has 0 saturated heterocycles. The van der Waals surface area contributed by atoms with E-state index in [1.54, 1.807) is 24.3 Å². The zero-order valence-corrected chi connectivity index (χ0v) is 11.0. The molecule has 0 saturated carbocycles. The van der Waals surface area contributed by atoms with Crippen LogP contribution in [0.4, 0.5) is 10.1 Å². The van der Waals surface area contributed by atoms with Gasteiger partial charge in [-0.15, -0.1) is 0 Å². The van der Waals surface area contributed by atoms with Crippen LogP contribution in [0.25, 0.3) is 22.4 Å². The average molecular weight is 271 g/mol. The van der Waals surface area contributed by atoms with Crippen LogP contribution in [0.5, 0.6) is 5.75 Å². The second-order valence-electron chi connectivity index (χ2n) is 4.56. The topological polar surface area (TPSA) is 64.1 Å². The van der Waals surface area contributed by atoms with Crippen LogP contribution in [0, 0.1) is 5.82 Å². The Morgan fingerprint density at radius 3 is 2.85 bits per heavy atom. The molecule has 102 valence electrons. The molecule has 1 heterocycles. The number of fused-ring (bicyclic) bond motifs is 1. The summed E-state index contributed by atoms with van der Waals surface area (Å²) in [5.74, 6) is 0.248. The van der Waals surface area contributed by atoms with Gasteiger partial charge in [-0.3, -0.25) is 0 Å². The Bertz CT molecular complexity index is 795. The summed E-state index contributed by atoms with van der Waals surface area (Å²) in [5.41, 5.74) is 7.94. The lowest BCUT2D eigenvalue weighted by Crippen LogP contribution is -1.98. The van der Waals surface area contributed by atoms with Crippen LogP contribution in [0.3, 0.4) is 0 Å². The van der Waals surface area contributed by atoms with Gasteiger partial charge in [-0.05, 0) is 31.2 Å². The number of nitrogens with two attached hydrogens (primary N) is 1. The summed E-state index contributed by atoms with van der Waals surface area (Å²) in [6.07, 6.45) is 0. The summed E-state index contributed by atoms with van der Waals surface area (Å²) in [5, 5.41) is 10.1. The highest BCUT2D eigenvalue weighted by Crippen LogP contribution is 2.34. The van der Waals surface area contributed by atoms with Gasteiger partial charge in [-0.1, -0.05) is 6.07 Å². The normalized spacial score (nSPS) is 11.1. The first kappa shape index (κ1) is 12.5.